The number of primary sulfonamides is 1. The van der Waals surface area contributed by atoms with Crippen LogP contribution in [-0.4, -0.2) is 19.9 Å². The second kappa shape index (κ2) is 6.98. The van der Waals surface area contributed by atoms with Gasteiger partial charge in [0.1, 0.15) is 0 Å². The molecular formula is C16H19N3O4S. The smallest absolute Gasteiger partial charge is 0.272 e. The molecule has 7 nitrogen and oxygen atoms in total. The van der Waals surface area contributed by atoms with Crippen LogP contribution in [0.5, 0.6) is 0 Å². The van der Waals surface area contributed by atoms with Gasteiger partial charge in [-0.1, -0.05) is 29.3 Å². The van der Waals surface area contributed by atoms with Gasteiger partial charge in [0, 0.05) is 24.4 Å². The number of anilines is 1. The number of nitro groups is 1. The lowest BCUT2D eigenvalue weighted by molar-refractivity contribution is -0.385. The largest absolute Gasteiger partial charge is 0.384 e. The molecule has 0 radical (unpaired) electrons. The van der Waals surface area contributed by atoms with Crippen LogP contribution in [0.1, 0.15) is 16.7 Å². The number of non-ortho nitro benzene ring substituents is 1. The van der Waals surface area contributed by atoms with Crippen LogP contribution in [0, 0.1) is 24.0 Å². The van der Waals surface area contributed by atoms with Crippen LogP contribution < -0.4 is 10.5 Å². The summed E-state index contributed by atoms with van der Waals surface area (Å²) in [4.78, 5) is 10.0. The van der Waals surface area contributed by atoms with Crippen LogP contribution in [0.25, 0.3) is 0 Å². The van der Waals surface area contributed by atoms with Gasteiger partial charge in [0.25, 0.3) is 5.69 Å². The molecular weight excluding hydrogens is 330 g/mol. The van der Waals surface area contributed by atoms with E-state index in [4.69, 9.17) is 5.14 Å². The first-order valence-corrected chi connectivity index (χ1v) is 8.83. The summed E-state index contributed by atoms with van der Waals surface area (Å²) in [5.41, 5.74) is 3.49. The van der Waals surface area contributed by atoms with Gasteiger partial charge >= 0.3 is 0 Å². The van der Waals surface area contributed by atoms with Crippen molar-refractivity contribution in [2.24, 2.45) is 5.14 Å². The molecule has 0 aliphatic carbocycles. The third-order valence-corrected chi connectivity index (χ3v) is 4.35. The fraction of sp³-hybridized carbons (Fsp3) is 0.250. The molecule has 0 fully saturated rings. The van der Waals surface area contributed by atoms with E-state index in [2.05, 4.69) is 23.5 Å². The van der Waals surface area contributed by atoms with Crippen molar-refractivity contribution < 1.29 is 13.3 Å². The van der Waals surface area contributed by atoms with Crippen LogP contribution in [-0.2, 0) is 16.4 Å². The van der Waals surface area contributed by atoms with Crippen LogP contribution >= 0.6 is 0 Å². The Morgan fingerprint density at radius 3 is 2.25 bits per heavy atom. The molecule has 2 aromatic carbocycles. The Labute approximate surface area is 140 Å². The first-order chi connectivity index (χ1) is 11.1. The molecule has 2 rings (SSSR count). The lowest BCUT2D eigenvalue weighted by Gasteiger charge is -2.09. The number of nitrogens with two attached hydrogens (primary N) is 1. The van der Waals surface area contributed by atoms with Gasteiger partial charge in [0.15, 0.2) is 0 Å². The van der Waals surface area contributed by atoms with Crippen molar-refractivity contribution in [2.75, 3.05) is 11.9 Å². The van der Waals surface area contributed by atoms with Crippen molar-refractivity contribution in [2.45, 2.75) is 25.2 Å². The molecule has 0 bridgehead atoms. The Morgan fingerprint density at radius 1 is 1.08 bits per heavy atom. The Hall–Kier alpha value is -2.45. The van der Waals surface area contributed by atoms with E-state index in [9.17, 15) is 18.5 Å². The monoisotopic (exact) mass is 349 g/mol. The standard InChI is InChI=1S/C16H19N3O4S/c1-11-5-12(2)7-13(6-11)3-4-18-14-8-15(19(20)21)10-16(9-14)24(17,22)23/h5-10,18H,3-4H2,1-2H3,(H2,17,22,23). The summed E-state index contributed by atoms with van der Waals surface area (Å²) in [6.45, 7) is 4.54. The van der Waals surface area contributed by atoms with E-state index in [-0.39, 0.29) is 10.6 Å². The first-order valence-electron chi connectivity index (χ1n) is 7.28. The van der Waals surface area contributed by atoms with Crippen molar-refractivity contribution in [3.8, 4) is 0 Å². The van der Waals surface area contributed by atoms with Gasteiger partial charge in [-0.15, -0.1) is 0 Å². The molecule has 0 aromatic heterocycles. The number of nitrogens with zero attached hydrogens (tertiary/aromatic N) is 1. The van der Waals surface area contributed by atoms with Gasteiger partial charge in [-0.25, -0.2) is 13.6 Å². The molecule has 0 saturated heterocycles. The lowest BCUT2D eigenvalue weighted by atomic mass is 10.1. The summed E-state index contributed by atoms with van der Waals surface area (Å²) in [5.74, 6) is 0. The van der Waals surface area contributed by atoms with Crippen molar-refractivity contribution in [3.63, 3.8) is 0 Å². The second-order valence-electron chi connectivity index (χ2n) is 5.69. The molecule has 0 unspecified atom stereocenters. The summed E-state index contributed by atoms with van der Waals surface area (Å²) in [6.07, 6.45) is 0.704. The summed E-state index contributed by atoms with van der Waals surface area (Å²) >= 11 is 0. The molecule has 0 atom stereocenters. The molecule has 2 aromatic rings. The SMILES string of the molecule is Cc1cc(C)cc(CCNc2cc([N+](=O)[O-])cc(S(N)(=O)=O)c2)c1. The Balaban J connectivity index is 2.17. The zero-order valence-corrected chi connectivity index (χ0v) is 14.3. The second-order valence-corrected chi connectivity index (χ2v) is 7.25. The molecule has 8 heteroatoms. The van der Waals surface area contributed by atoms with E-state index in [1.54, 1.807) is 0 Å². The van der Waals surface area contributed by atoms with Crippen molar-refractivity contribution >= 4 is 21.4 Å². The van der Waals surface area contributed by atoms with E-state index in [1.165, 1.54) is 12.1 Å². The molecule has 0 heterocycles. The molecule has 0 aliphatic rings. The number of nitrogens with one attached hydrogen (secondary N) is 1. The third kappa shape index (κ3) is 4.77. The zero-order valence-electron chi connectivity index (χ0n) is 13.4. The van der Waals surface area contributed by atoms with E-state index in [0.717, 1.165) is 22.8 Å². The van der Waals surface area contributed by atoms with E-state index in [0.29, 0.717) is 18.7 Å². The first kappa shape index (κ1) is 17.9. The predicted octanol–water partition coefficient (Wildman–Crippen LogP) is 2.51. The molecule has 0 amide bonds. The number of nitro benzene ring substituents is 1. The highest BCUT2D eigenvalue weighted by Crippen LogP contribution is 2.23. The minimum absolute atomic E-state index is 0.286. The van der Waals surface area contributed by atoms with Crippen LogP contribution in [0.3, 0.4) is 0 Å². The summed E-state index contributed by atoms with van der Waals surface area (Å²) < 4.78 is 22.9. The van der Waals surface area contributed by atoms with Crippen LogP contribution in [0.2, 0.25) is 0 Å². The molecule has 0 spiro atoms. The number of hydrogen-bond acceptors (Lipinski definition) is 5. The number of hydrogen-bond donors (Lipinski definition) is 2. The van der Waals surface area contributed by atoms with Gasteiger partial charge in [-0.3, -0.25) is 10.1 Å². The third-order valence-electron chi connectivity index (χ3n) is 3.45. The van der Waals surface area contributed by atoms with Gasteiger partial charge in [0.05, 0.1) is 9.82 Å². The highest BCUT2D eigenvalue weighted by atomic mass is 32.2. The number of aryl methyl sites for hydroxylation is 2. The van der Waals surface area contributed by atoms with Crippen molar-refractivity contribution in [1.82, 2.24) is 0 Å². The zero-order chi connectivity index (χ0) is 17.9. The molecule has 128 valence electrons. The van der Waals surface area contributed by atoms with Crippen molar-refractivity contribution in [3.05, 3.63) is 63.2 Å². The van der Waals surface area contributed by atoms with Gasteiger partial charge in [-0.05, 0) is 31.9 Å². The summed E-state index contributed by atoms with van der Waals surface area (Å²) in [6, 6.07) is 9.75. The minimum Gasteiger partial charge on any atom is -0.384 e. The minimum atomic E-state index is -4.01. The van der Waals surface area contributed by atoms with E-state index in [1.807, 2.05) is 13.8 Å². The maximum atomic E-state index is 11.5. The highest BCUT2D eigenvalue weighted by molar-refractivity contribution is 7.89. The Bertz CT molecular complexity index is 859. The maximum absolute atomic E-state index is 11.5. The average Bonchev–Trinajstić information content (AvgIpc) is 2.45. The van der Waals surface area contributed by atoms with Gasteiger partial charge in [0.2, 0.25) is 10.0 Å². The predicted molar refractivity (Wildman–Crippen MR) is 92.6 cm³/mol. The molecule has 24 heavy (non-hydrogen) atoms. The van der Waals surface area contributed by atoms with E-state index < -0.39 is 14.9 Å². The number of rotatable bonds is 6. The van der Waals surface area contributed by atoms with Gasteiger partial charge in [-0.2, -0.15) is 0 Å². The molecule has 0 aliphatic heterocycles. The lowest BCUT2D eigenvalue weighted by Crippen LogP contribution is -2.13. The van der Waals surface area contributed by atoms with E-state index >= 15 is 0 Å². The Morgan fingerprint density at radius 2 is 1.71 bits per heavy atom. The molecule has 0 saturated carbocycles. The fourth-order valence-electron chi connectivity index (χ4n) is 2.52. The van der Waals surface area contributed by atoms with Crippen LogP contribution in [0.4, 0.5) is 11.4 Å². The maximum Gasteiger partial charge on any atom is 0.272 e. The molecule has 3 N–H and O–H groups in total. The average molecular weight is 349 g/mol. The summed E-state index contributed by atoms with van der Waals surface area (Å²) in [5, 5.41) is 19.0. The topological polar surface area (TPSA) is 115 Å². The normalized spacial score (nSPS) is 11.3. The van der Waals surface area contributed by atoms with Gasteiger partial charge < -0.3 is 5.32 Å². The van der Waals surface area contributed by atoms with Crippen LogP contribution in [0.15, 0.2) is 41.3 Å². The number of benzene rings is 2. The Kier molecular flexibility index (Phi) is 5.20. The fourth-order valence-corrected chi connectivity index (χ4v) is 3.10. The highest BCUT2D eigenvalue weighted by Gasteiger charge is 2.16. The summed E-state index contributed by atoms with van der Waals surface area (Å²) in [7, 11) is -4.01. The number of sulfonamides is 1. The quantitative estimate of drug-likeness (QED) is 0.614. The van der Waals surface area contributed by atoms with Crippen molar-refractivity contribution in [1.29, 1.82) is 0 Å².